The van der Waals surface area contributed by atoms with Gasteiger partial charge in [0, 0.05) is 26.2 Å². The largest absolute Gasteiger partial charge is 0.332 e. The number of aromatic nitrogens is 6. The van der Waals surface area contributed by atoms with Crippen molar-refractivity contribution in [3.05, 3.63) is 50.7 Å². The zero-order valence-corrected chi connectivity index (χ0v) is 14.5. The maximum atomic E-state index is 12.7. The van der Waals surface area contributed by atoms with Gasteiger partial charge in [-0.15, -0.1) is 10.2 Å². The summed E-state index contributed by atoms with van der Waals surface area (Å²) in [7, 11) is 3.14. The van der Waals surface area contributed by atoms with Gasteiger partial charge < -0.3 is 4.57 Å². The minimum absolute atomic E-state index is 0.333. The molecular weight excluding hydrogens is 320 g/mol. The number of rotatable bonds is 2. The molecule has 0 amide bonds. The van der Waals surface area contributed by atoms with Crippen LogP contribution in [0.5, 0.6) is 0 Å². The first kappa shape index (κ1) is 15.4. The molecule has 1 aromatic carbocycles. The Kier molecular flexibility index (Phi) is 3.18. The molecule has 0 bridgehead atoms. The number of fused-ring (bicyclic) bond motifs is 3. The Morgan fingerprint density at radius 1 is 1.00 bits per heavy atom. The molecule has 0 fully saturated rings. The number of hydrogen-bond donors (Lipinski definition) is 0. The van der Waals surface area contributed by atoms with Crippen molar-refractivity contribution in [2.24, 2.45) is 14.1 Å². The van der Waals surface area contributed by atoms with Crippen LogP contribution in [0.15, 0.2) is 33.9 Å². The van der Waals surface area contributed by atoms with Gasteiger partial charge in [-0.25, -0.2) is 9.20 Å². The number of nitrogens with zero attached hydrogens (tertiary/aromatic N) is 6. The van der Waals surface area contributed by atoms with Crippen molar-refractivity contribution >= 4 is 16.9 Å². The topological polar surface area (TPSA) is 79.1 Å². The fourth-order valence-electron chi connectivity index (χ4n) is 3.24. The Hall–Kier alpha value is -3.16. The first-order valence-corrected chi connectivity index (χ1v) is 8.06. The summed E-state index contributed by atoms with van der Waals surface area (Å²) in [4.78, 5) is 25.1. The average Bonchev–Trinajstić information content (AvgIpc) is 3.16. The van der Waals surface area contributed by atoms with Gasteiger partial charge in [0.25, 0.3) is 5.56 Å². The number of hydrogen-bond acceptors (Lipinski definition) is 4. The summed E-state index contributed by atoms with van der Waals surface area (Å²) in [6, 6.07) is 7.90. The van der Waals surface area contributed by atoms with Crippen molar-refractivity contribution in [1.82, 2.24) is 28.3 Å². The SMILES string of the molecule is CCn1c2c(=O)n(C)c(=O)n(C)c2n2c(-c3ccc(C)cc3)nnc12. The highest BCUT2D eigenvalue weighted by Crippen LogP contribution is 2.24. The lowest BCUT2D eigenvalue weighted by atomic mass is 10.1. The van der Waals surface area contributed by atoms with Crippen molar-refractivity contribution in [3.8, 4) is 11.4 Å². The summed E-state index contributed by atoms with van der Waals surface area (Å²) in [5.74, 6) is 1.15. The van der Waals surface area contributed by atoms with Crippen LogP contribution in [-0.4, -0.2) is 28.3 Å². The quantitative estimate of drug-likeness (QED) is 0.548. The molecular formula is C17H18N6O2. The van der Waals surface area contributed by atoms with Crippen molar-refractivity contribution in [2.45, 2.75) is 20.4 Å². The Morgan fingerprint density at radius 3 is 2.32 bits per heavy atom. The third-order valence-corrected chi connectivity index (χ3v) is 4.61. The molecule has 0 radical (unpaired) electrons. The predicted molar refractivity (Wildman–Crippen MR) is 94.8 cm³/mol. The van der Waals surface area contributed by atoms with E-state index >= 15 is 0 Å². The zero-order chi connectivity index (χ0) is 17.9. The molecule has 0 aliphatic heterocycles. The molecule has 0 unspecified atom stereocenters. The second kappa shape index (κ2) is 5.17. The van der Waals surface area contributed by atoms with Gasteiger partial charge >= 0.3 is 5.69 Å². The van der Waals surface area contributed by atoms with E-state index < -0.39 is 0 Å². The fourth-order valence-corrected chi connectivity index (χ4v) is 3.24. The van der Waals surface area contributed by atoms with E-state index in [4.69, 9.17) is 0 Å². The van der Waals surface area contributed by atoms with Crippen LogP contribution < -0.4 is 11.2 Å². The molecule has 3 heterocycles. The van der Waals surface area contributed by atoms with Gasteiger partial charge in [0.15, 0.2) is 17.0 Å². The highest BCUT2D eigenvalue weighted by atomic mass is 16.2. The van der Waals surface area contributed by atoms with E-state index in [2.05, 4.69) is 10.2 Å². The molecule has 0 N–H and O–H groups in total. The van der Waals surface area contributed by atoms with E-state index in [-0.39, 0.29) is 11.2 Å². The summed E-state index contributed by atoms with van der Waals surface area (Å²) in [5.41, 5.74) is 2.26. The van der Waals surface area contributed by atoms with E-state index in [1.54, 1.807) is 16.0 Å². The molecule has 8 heteroatoms. The van der Waals surface area contributed by atoms with E-state index in [9.17, 15) is 9.59 Å². The number of aryl methyl sites for hydroxylation is 3. The van der Waals surface area contributed by atoms with Crippen LogP contribution >= 0.6 is 0 Å². The molecule has 4 rings (SSSR count). The van der Waals surface area contributed by atoms with Gasteiger partial charge in [-0.1, -0.05) is 29.8 Å². The van der Waals surface area contributed by atoms with E-state index in [1.807, 2.05) is 38.1 Å². The van der Waals surface area contributed by atoms with Crippen molar-refractivity contribution in [2.75, 3.05) is 0 Å². The van der Waals surface area contributed by atoms with E-state index in [1.165, 1.54) is 11.6 Å². The Bertz CT molecular complexity index is 1240. The molecule has 0 atom stereocenters. The Morgan fingerprint density at radius 2 is 1.68 bits per heavy atom. The standard InChI is InChI=1S/C17H18N6O2/c1-5-22-12-14(20(3)17(25)21(4)15(12)24)23-13(18-19-16(22)23)11-8-6-10(2)7-9-11/h6-9H,5H2,1-4H3. The molecule has 8 nitrogen and oxygen atoms in total. The lowest BCUT2D eigenvalue weighted by Crippen LogP contribution is -2.37. The first-order chi connectivity index (χ1) is 12.0. The summed E-state index contributed by atoms with van der Waals surface area (Å²) in [6.07, 6.45) is 0. The third-order valence-electron chi connectivity index (χ3n) is 4.61. The van der Waals surface area contributed by atoms with Crippen LogP contribution in [0.1, 0.15) is 12.5 Å². The average molecular weight is 338 g/mol. The van der Waals surface area contributed by atoms with Crippen LogP contribution in [0.3, 0.4) is 0 Å². The fraction of sp³-hybridized carbons (Fsp3) is 0.294. The number of benzene rings is 1. The Balaban J connectivity index is 2.25. The zero-order valence-electron chi connectivity index (χ0n) is 14.5. The maximum absolute atomic E-state index is 12.7. The van der Waals surface area contributed by atoms with Crippen LogP contribution in [0.4, 0.5) is 0 Å². The van der Waals surface area contributed by atoms with Crippen molar-refractivity contribution in [1.29, 1.82) is 0 Å². The van der Waals surface area contributed by atoms with Crippen molar-refractivity contribution < 1.29 is 0 Å². The van der Waals surface area contributed by atoms with Gasteiger partial charge in [0.2, 0.25) is 5.78 Å². The second-order valence-corrected chi connectivity index (χ2v) is 6.15. The van der Waals surface area contributed by atoms with Crippen LogP contribution in [0.2, 0.25) is 0 Å². The number of imidazole rings is 1. The van der Waals surface area contributed by atoms with Gasteiger partial charge in [0.1, 0.15) is 0 Å². The molecule has 3 aromatic heterocycles. The van der Waals surface area contributed by atoms with Crippen molar-refractivity contribution in [3.63, 3.8) is 0 Å². The molecule has 4 aromatic rings. The molecule has 0 aliphatic carbocycles. The van der Waals surface area contributed by atoms with E-state index in [0.29, 0.717) is 29.3 Å². The second-order valence-electron chi connectivity index (χ2n) is 6.15. The lowest BCUT2D eigenvalue weighted by molar-refractivity contribution is 0.698. The minimum Gasteiger partial charge on any atom is -0.303 e. The minimum atomic E-state index is -0.379. The predicted octanol–water partition coefficient (Wildman–Crippen LogP) is 1.08. The third kappa shape index (κ3) is 1.93. The summed E-state index contributed by atoms with van der Waals surface area (Å²) < 4.78 is 6.16. The monoisotopic (exact) mass is 338 g/mol. The molecule has 0 spiro atoms. The van der Waals surface area contributed by atoms with Crippen LogP contribution in [0.25, 0.3) is 28.3 Å². The van der Waals surface area contributed by atoms with Gasteiger partial charge in [-0.2, -0.15) is 0 Å². The smallest absolute Gasteiger partial charge is 0.303 e. The van der Waals surface area contributed by atoms with Gasteiger partial charge in [0.05, 0.1) is 0 Å². The van der Waals surface area contributed by atoms with E-state index in [0.717, 1.165) is 15.7 Å². The Labute approximate surface area is 142 Å². The molecule has 0 saturated heterocycles. The highest BCUT2D eigenvalue weighted by molar-refractivity contribution is 5.79. The van der Waals surface area contributed by atoms with Gasteiger partial charge in [-0.05, 0) is 13.8 Å². The van der Waals surface area contributed by atoms with Gasteiger partial charge in [-0.3, -0.25) is 13.9 Å². The molecule has 0 saturated carbocycles. The normalized spacial score (nSPS) is 11.7. The molecule has 25 heavy (non-hydrogen) atoms. The molecule has 128 valence electrons. The molecule has 0 aliphatic rings. The summed E-state index contributed by atoms with van der Waals surface area (Å²) in [6.45, 7) is 4.50. The summed E-state index contributed by atoms with van der Waals surface area (Å²) >= 11 is 0. The summed E-state index contributed by atoms with van der Waals surface area (Å²) in [5, 5.41) is 8.58. The van der Waals surface area contributed by atoms with Crippen LogP contribution in [-0.2, 0) is 20.6 Å². The lowest BCUT2D eigenvalue weighted by Gasteiger charge is -2.06. The maximum Gasteiger partial charge on any atom is 0.332 e. The highest BCUT2D eigenvalue weighted by Gasteiger charge is 2.23. The first-order valence-electron chi connectivity index (χ1n) is 8.06. The van der Waals surface area contributed by atoms with Crippen LogP contribution in [0, 0.1) is 6.92 Å².